The van der Waals surface area contributed by atoms with Crippen molar-refractivity contribution >= 4 is 29.7 Å². The zero-order chi connectivity index (χ0) is 20.2. The van der Waals surface area contributed by atoms with Gasteiger partial charge < -0.3 is 37.8 Å². The number of carbonyl (C=O) groups excluding carboxylic acids is 3. The van der Waals surface area contributed by atoms with Crippen LogP contribution in [0.15, 0.2) is 4.99 Å². The van der Waals surface area contributed by atoms with Gasteiger partial charge in [0.05, 0.1) is 12.6 Å². The maximum absolute atomic E-state index is 12.1. The molecule has 0 aromatic carbocycles. The minimum absolute atomic E-state index is 0.0888. The number of nitrogens with zero attached hydrogens (tertiary/aromatic N) is 1. The fourth-order valence-corrected chi connectivity index (χ4v) is 2.50. The smallest absolute Gasteiger partial charge is 0.322 e. The summed E-state index contributed by atoms with van der Waals surface area (Å²) in [6.45, 7) is 0.160. The molecule has 2 unspecified atom stereocenters. The number of amides is 3. The Hall–Kier alpha value is -2.89. The van der Waals surface area contributed by atoms with Crippen molar-refractivity contribution in [3.05, 3.63) is 0 Å². The fraction of sp³-hybridized carbons (Fsp3) is 0.667. The van der Waals surface area contributed by atoms with Crippen molar-refractivity contribution < 1.29 is 24.3 Å². The van der Waals surface area contributed by atoms with Gasteiger partial charge in [0.15, 0.2) is 5.96 Å². The molecule has 0 spiro atoms. The zero-order valence-corrected chi connectivity index (χ0v) is 15.0. The molecule has 2 atom stereocenters. The molecule has 0 aliphatic carbocycles. The van der Waals surface area contributed by atoms with E-state index < -0.39 is 30.4 Å². The molecule has 12 nitrogen and oxygen atoms in total. The first-order valence-corrected chi connectivity index (χ1v) is 8.65. The van der Waals surface area contributed by atoms with Crippen LogP contribution in [-0.4, -0.2) is 73.0 Å². The monoisotopic (exact) mass is 385 g/mol. The zero-order valence-electron chi connectivity index (χ0n) is 15.0. The van der Waals surface area contributed by atoms with E-state index in [0.29, 0.717) is 12.8 Å². The van der Waals surface area contributed by atoms with E-state index in [4.69, 9.17) is 16.6 Å². The quantitative estimate of drug-likeness (QED) is 0.108. The first-order chi connectivity index (χ1) is 12.8. The minimum atomic E-state index is -1.20. The number of nitrogens with two attached hydrogens (primary N) is 2. The number of carbonyl (C=O) groups is 4. The molecule has 1 heterocycles. The molecule has 3 amide bonds. The molecule has 1 fully saturated rings. The number of guanidine groups is 1. The molecular weight excluding hydrogens is 358 g/mol. The third-order valence-corrected chi connectivity index (χ3v) is 3.81. The van der Waals surface area contributed by atoms with Crippen LogP contribution in [0, 0.1) is 0 Å². The Bertz CT molecular complexity index is 571. The highest BCUT2D eigenvalue weighted by Crippen LogP contribution is 2.04. The lowest BCUT2D eigenvalue weighted by molar-refractivity contribution is -0.138. The van der Waals surface area contributed by atoms with Crippen LogP contribution in [0.1, 0.15) is 25.7 Å². The van der Waals surface area contributed by atoms with Gasteiger partial charge in [0.2, 0.25) is 17.7 Å². The molecule has 9 N–H and O–H groups in total. The van der Waals surface area contributed by atoms with Crippen LogP contribution in [0.4, 0.5) is 0 Å². The molecule has 1 rings (SSSR count). The van der Waals surface area contributed by atoms with E-state index in [-0.39, 0.29) is 37.4 Å². The van der Waals surface area contributed by atoms with E-state index in [1.807, 2.05) is 0 Å². The molecule has 12 heteroatoms. The molecule has 0 saturated carbocycles. The molecule has 0 aromatic heterocycles. The topological polar surface area (TPSA) is 201 Å². The van der Waals surface area contributed by atoms with Crippen molar-refractivity contribution in [2.45, 2.75) is 37.8 Å². The summed E-state index contributed by atoms with van der Waals surface area (Å²) in [6.07, 6.45) is 2.19. The van der Waals surface area contributed by atoms with Crippen molar-refractivity contribution in [3.63, 3.8) is 0 Å². The summed E-state index contributed by atoms with van der Waals surface area (Å²) < 4.78 is 0. The number of hydrogen-bond acceptors (Lipinski definition) is 6. The van der Waals surface area contributed by atoms with Gasteiger partial charge in [-0.05, 0) is 32.2 Å². The van der Waals surface area contributed by atoms with Crippen molar-refractivity contribution in [3.8, 4) is 0 Å². The maximum Gasteiger partial charge on any atom is 0.322 e. The van der Waals surface area contributed by atoms with Crippen LogP contribution in [-0.2, 0) is 19.2 Å². The predicted molar refractivity (Wildman–Crippen MR) is 96.5 cm³/mol. The molecule has 0 bridgehead atoms. The second kappa shape index (κ2) is 11.7. The van der Waals surface area contributed by atoms with Gasteiger partial charge in [-0.3, -0.25) is 24.2 Å². The highest BCUT2D eigenvalue weighted by atomic mass is 16.4. The SMILES string of the molecule is NC(N)=NCCCC(NC(=O)CNC(=O)C1CCCN1)C(=O)NCC(=O)O. The normalized spacial score (nSPS) is 16.8. The van der Waals surface area contributed by atoms with E-state index in [1.165, 1.54) is 0 Å². The lowest BCUT2D eigenvalue weighted by Gasteiger charge is -2.18. The van der Waals surface area contributed by atoms with Gasteiger partial charge in [0.1, 0.15) is 12.6 Å². The van der Waals surface area contributed by atoms with E-state index in [9.17, 15) is 19.2 Å². The Kier molecular flexibility index (Phi) is 9.58. The van der Waals surface area contributed by atoms with Gasteiger partial charge in [-0.15, -0.1) is 0 Å². The number of aliphatic imine (C=N–C) groups is 1. The Morgan fingerprint density at radius 2 is 1.93 bits per heavy atom. The predicted octanol–water partition coefficient (Wildman–Crippen LogP) is -3.41. The Morgan fingerprint density at radius 1 is 1.19 bits per heavy atom. The highest BCUT2D eigenvalue weighted by Gasteiger charge is 2.24. The Labute approximate surface area is 156 Å². The van der Waals surface area contributed by atoms with E-state index in [2.05, 4.69) is 26.3 Å². The third-order valence-electron chi connectivity index (χ3n) is 3.81. The molecule has 152 valence electrons. The van der Waals surface area contributed by atoms with Crippen LogP contribution >= 0.6 is 0 Å². The summed E-state index contributed by atoms with van der Waals surface area (Å²) in [5.41, 5.74) is 10.4. The van der Waals surface area contributed by atoms with Crippen molar-refractivity contribution in [1.82, 2.24) is 21.3 Å². The molecule has 27 heavy (non-hydrogen) atoms. The molecule has 1 saturated heterocycles. The first-order valence-electron chi connectivity index (χ1n) is 8.65. The average Bonchev–Trinajstić information content (AvgIpc) is 3.14. The minimum Gasteiger partial charge on any atom is -0.480 e. The third kappa shape index (κ3) is 9.39. The number of nitrogens with one attached hydrogen (secondary N) is 4. The Balaban J connectivity index is 2.49. The number of carboxylic acid groups (broad SMARTS) is 1. The van der Waals surface area contributed by atoms with Crippen molar-refractivity contribution in [1.29, 1.82) is 0 Å². The summed E-state index contributed by atoms with van der Waals surface area (Å²) in [6, 6.07) is -1.28. The van der Waals surface area contributed by atoms with Crippen LogP contribution < -0.4 is 32.7 Å². The van der Waals surface area contributed by atoms with Crippen LogP contribution in [0.5, 0.6) is 0 Å². The van der Waals surface area contributed by atoms with Gasteiger partial charge in [-0.2, -0.15) is 0 Å². The number of hydrogen-bond donors (Lipinski definition) is 7. The maximum atomic E-state index is 12.1. The second-order valence-corrected chi connectivity index (χ2v) is 6.05. The van der Waals surface area contributed by atoms with Gasteiger partial charge in [-0.25, -0.2) is 0 Å². The van der Waals surface area contributed by atoms with Crippen LogP contribution in [0.25, 0.3) is 0 Å². The van der Waals surface area contributed by atoms with E-state index in [0.717, 1.165) is 13.0 Å². The first kappa shape index (κ1) is 22.2. The van der Waals surface area contributed by atoms with Crippen LogP contribution in [0.3, 0.4) is 0 Å². The van der Waals surface area contributed by atoms with Crippen molar-refractivity contribution in [2.24, 2.45) is 16.5 Å². The van der Waals surface area contributed by atoms with E-state index in [1.54, 1.807) is 0 Å². The lowest BCUT2D eigenvalue weighted by atomic mass is 10.1. The van der Waals surface area contributed by atoms with Gasteiger partial charge in [0, 0.05) is 6.54 Å². The summed E-state index contributed by atoms with van der Waals surface area (Å²) >= 11 is 0. The molecule has 0 aromatic rings. The molecule has 1 aliphatic rings. The van der Waals surface area contributed by atoms with Gasteiger partial charge in [0.25, 0.3) is 0 Å². The summed E-state index contributed by atoms with van der Waals surface area (Å²) in [5, 5.41) is 18.9. The average molecular weight is 385 g/mol. The molecule has 0 radical (unpaired) electrons. The van der Waals surface area contributed by atoms with Gasteiger partial charge >= 0.3 is 5.97 Å². The van der Waals surface area contributed by atoms with E-state index >= 15 is 0 Å². The van der Waals surface area contributed by atoms with Crippen molar-refractivity contribution in [2.75, 3.05) is 26.2 Å². The summed E-state index contributed by atoms with van der Waals surface area (Å²) in [7, 11) is 0. The summed E-state index contributed by atoms with van der Waals surface area (Å²) in [5.74, 6) is -2.76. The largest absolute Gasteiger partial charge is 0.480 e. The fourth-order valence-electron chi connectivity index (χ4n) is 2.50. The Morgan fingerprint density at radius 3 is 2.52 bits per heavy atom. The standard InChI is InChI=1S/C15H27N7O5/c16-15(17)19-6-2-4-10(14(27)21-8-12(24)25)22-11(23)7-20-13(26)9-3-1-5-18-9/h9-10,18H,1-8H2,(H,20,26)(H,21,27)(H,22,23)(H,24,25)(H4,16,17,19). The summed E-state index contributed by atoms with van der Waals surface area (Å²) in [4.78, 5) is 50.4. The molecule has 1 aliphatic heterocycles. The van der Waals surface area contributed by atoms with Crippen LogP contribution in [0.2, 0.25) is 0 Å². The lowest BCUT2D eigenvalue weighted by Crippen LogP contribution is -2.51. The second-order valence-electron chi connectivity index (χ2n) is 6.05. The number of rotatable bonds is 11. The van der Waals surface area contributed by atoms with Gasteiger partial charge in [-0.1, -0.05) is 0 Å². The number of carboxylic acids is 1. The number of aliphatic carboxylic acids is 1. The molecular formula is C15H27N7O5. The highest BCUT2D eigenvalue weighted by molar-refractivity contribution is 5.92.